The number of hydrogen-bond donors (Lipinski definition) is 1. The van der Waals surface area contributed by atoms with Crippen molar-refractivity contribution >= 4 is 27.3 Å². The summed E-state index contributed by atoms with van der Waals surface area (Å²) >= 11 is 1.20. The SMILES string of the molecule is O=C(Cc1ccc(S(=O)(=O)N2CCCC2)s1)NCCCc1ccccc1. The van der Waals surface area contributed by atoms with E-state index >= 15 is 0 Å². The van der Waals surface area contributed by atoms with E-state index in [9.17, 15) is 13.2 Å². The Hall–Kier alpha value is -1.70. The van der Waals surface area contributed by atoms with Crippen LogP contribution in [0.2, 0.25) is 0 Å². The molecule has 2 aromatic rings. The van der Waals surface area contributed by atoms with Gasteiger partial charge in [0.05, 0.1) is 6.42 Å². The summed E-state index contributed by atoms with van der Waals surface area (Å²) in [6.45, 7) is 1.81. The lowest BCUT2D eigenvalue weighted by Crippen LogP contribution is -2.27. The minimum atomic E-state index is -3.39. The molecule has 0 radical (unpaired) electrons. The van der Waals surface area contributed by atoms with Crippen molar-refractivity contribution in [2.24, 2.45) is 0 Å². The van der Waals surface area contributed by atoms with Gasteiger partial charge in [-0.1, -0.05) is 30.3 Å². The van der Waals surface area contributed by atoms with Crippen LogP contribution in [0.25, 0.3) is 0 Å². The molecule has 0 aliphatic carbocycles. The number of sulfonamides is 1. The van der Waals surface area contributed by atoms with Gasteiger partial charge in [-0.3, -0.25) is 4.79 Å². The van der Waals surface area contributed by atoms with E-state index in [-0.39, 0.29) is 12.3 Å². The fourth-order valence-electron chi connectivity index (χ4n) is 3.03. The first kappa shape index (κ1) is 19.1. The highest BCUT2D eigenvalue weighted by molar-refractivity contribution is 7.91. The van der Waals surface area contributed by atoms with Crippen LogP contribution in [-0.4, -0.2) is 38.3 Å². The molecule has 1 N–H and O–H groups in total. The third-order valence-electron chi connectivity index (χ3n) is 4.44. The summed E-state index contributed by atoms with van der Waals surface area (Å²) in [5.41, 5.74) is 1.26. The number of nitrogens with zero attached hydrogens (tertiary/aromatic N) is 1. The zero-order chi connectivity index (χ0) is 18.4. The van der Waals surface area contributed by atoms with Crippen molar-refractivity contribution in [1.29, 1.82) is 0 Å². The number of hydrogen-bond acceptors (Lipinski definition) is 4. The molecule has 0 bridgehead atoms. The molecule has 140 valence electrons. The van der Waals surface area contributed by atoms with Crippen molar-refractivity contribution in [3.05, 3.63) is 52.9 Å². The van der Waals surface area contributed by atoms with Crippen LogP contribution in [0.15, 0.2) is 46.7 Å². The second kappa shape index (κ2) is 8.79. The molecule has 3 rings (SSSR count). The van der Waals surface area contributed by atoms with Gasteiger partial charge in [0.25, 0.3) is 10.0 Å². The van der Waals surface area contributed by atoms with Crippen LogP contribution in [-0.2, 0) is 27.7 Å². The summed E-state index contributed by atoms with van der Waals surface area (Å²) in [5, 5.41) is 2.91. The van der Waals surface area contributed by atoms with E-state index in [1.54, 1.807) is 12.1 Å². The molecule has 0 atom stereocenters. The van der Waals surface area contributed by atoms with Gasteiger partial charge in [-0.2, -0.15) is 4.31 Å². The Morgan fingerprint density at radius 2 is 1.81 bits per heavy atom. The number of benzene rings is 1. The molecule has 7 heteroatoms. The maximum Gasteiger partial charge on any atom is 0.252 e. The Balaban J connectivity index is 1.45. The van der Waals surface area contributed by atoms with E-state index in [2.05, 4.69) is 17.4 Å². The van der Waals surface area contributed by atoms with Crippen molar-refractivity contribution in [3.63, 3.8) is 0 Å². The Kier molecular flexibility index (Phi) is 6.45. The van der Waals surface area contributed by atoms with E-state index < -0.39 is 10.0 Å². The fraction of sp³-hybridized carbons (Fsp3) is 0.421. The molecule has 1 aromatic heterocycles. The molecule has 1 aromatic carbocycles. The molecule has 1 saturated heterocycles. The Morgan fingerprint density at radius 3 is 2.54 bits per heavy atom. The van der Waals surface area contributed by atoms with E-state index in [0.717, 1.165) is 30.6 Å². The van der Waals surface area contributed by atoms with Crippen molar-refractivity contribution in [3.8, 4) is 0 Å². The van der Waals surface area contributed by atoms with Gasteiger partial charge in [-0.25, -0.2) is 8.42 Å². The van der Waals surface area contributed by atoms with E-state index in [1.807, 2.05) is 18.2 Å². The van der Waals surface area contributed by atoms with Crippen molar-refractivity contribution < 1.29 is 13.2 Å². The molecule has 1 aliphatic heterocycles. The largest absolute Gasteiger partial charge is 0.356 e. The van der Waals surface area contributed by atoms with Crippen molar-refractivity contribution in [2.45, 2.75) is 36.3 Å². The van der Waals surface area contributed by atoms with Crippen LogP contribution >= 0.6 is 11.3 Å². The van der Waals surface area contributed by atoms with Gasteiger partial charge in [-0.15, -0.1) is 11.3 Å². The number of rotatable bonds is 8. The molecule has 26 heavy (non-hydrogen) atoms. The molecule has 0 unspecified atom stereocenters. The first-order valence-electron chi connectivity index (χ1n) is 8.95. The normalized spacial score (nSPS) is 15.2. The highest BCUT2D eigenvalue weighted by atomic mass is 32.2. The van der Waals surface area contributed by atoms with Gasteiger partial charge in [0, 0.05) is 24.5 Å². The molecule has 1 aliphatic rings. The molecule has 1 fully saturated rings. The summed E-state index contributed by atoms with van der Waals surface area (Å²) in [7, 11) is -3.39. The van der Waals surface area contributed by atoms with E-state index in [1.165, 1.54) is 21.2 Å². The first-order valence-corrected chi connectivity index (χ1v) is 11.2. The topological polar surface area (TPSA) is 66.5 Å². The highest BCUT2D eigenvalue weighted by Gasteiger charge is 2.28. The zero-order valence-corrected chi connectivity index (χ0v) is 16.3. The second-order valence-corrected chi connectivity index (χ2v) is 9.78. The van der Waals surface area contributed by atoms with Crippen molar-refractivity contribution in [1.82, 2.24) is 9.62 Å². The molecule has 2 heterocycles. The quantitative estimate of drug-likeness (QED) is 0.703. The van der Waals surface area contributed by atoms with Gasteiger partial charge in [0.2, 0.25) is 5.91 Å². The van der Waals surface area contributed by atoms with Crippen molar-refractivity contribution in [2.75, 3.05) is 19.6 Å². The number of aryl methyl sites for hydroxylation is 1. The minimum absolute atomic E-state index is 0.0648. The number of thiophene rings is 1. The monoisotopic (exact) mass is 392 g/mol. The predicted octanol–water partition coefficient (Wildman–Crippen LogP) is 2.82. The summed E-state index contributed by atoms with van der Waals surface area (Å²) in [6.07, 6.45) is 3.88. The number of amides is 1. The molecule has 5 nitrogen and oxygen atoms in total. The summed E-state index contributed by atoms with van der Waals surface area (Å²) in [5.74, 6) is -0.0648. The maximum atomic E-state index is 12.5. The number of carbonyl (C=O) groups excluding carboxylic acids is 1. The lowest BCUT2D eigenvalue weighted by Gasteiger charge is -2.13. The van der Waals surface area contributed by atoms with Gasteiger partial charge in [0.15, 0.2) is 0 Å². The second-order valence-electron chi connectivity index (χ2n) is 6.45. The Bertz CT molecular complexity index is 825. The molecule has 0 spiro atoms. The summed E-state index contributed by atoms with van der Waals surface area (Å²) < 4.78 is 26.9. The summed E-state index contributed by atoms with van der Waals surface area (Å²) in [6, 6.07) is 13.5. The number of nitrogens with one attached hydrogen (secondary N) is 1. The van der Waals surface area contributed by atoms with Crippen LogP contribution in [0.3, 0.4) is 0 Å². The highest BCUT2D eigenvalue weighted by Crippen LogP contribution is 2.27. The predicted molar refractivity (Wildman–Crippen MR) is 104 cm³/mol. The molecule has 1 amide bonds. The average molecular weight is 393 g/mol. The summed E-state index contributed by atoms with van der Waals surface area (Å²) in [4.78, 5) is 12.9. The van der Waals surface area contributed by atoms with Crippen LogP contribution in [0.5, 0.6) is 0 Å². The molecular formula is C19H24N2O3S2. The fourth-order valence-corrected chi connectivity index (χ4v) is 6.06. The number of carbonyl (C=O) groups is 1. The Labute approximate surface area is 159 Å². The van der Waals surface area contributed by atoms with E-state index in [0.29, 0.717) is 23.8 Å². The van der Waals surface area contributed by atoms with Crippen LogP contribution in [0.4, 0.5) is 0 Å². The Morgan fingerprint density at radius 1 is 1.08 bits per heavy atom. The van der Waals surface area contributed by atoms with Crippen LogP contribution in [0, 0.1) is 0 Å². The smallest absolute Gasteiger partial charge is 0.252 e. The first-order chi connectivity index (χ1) is 12.6. The van der Waals surface area contributed by atoms with E-state index in [4.69, 9.17) is 0 Å². The average Bonchev–Trinajstić information content (AvgIpc) is 3.32. The van der Waals surface area contributed by atoms with Crippen LogP contribution in [0.1, 0.15) is 29.7 Å². The lowest BCUT2D eigenvalue weighted by atomic mass is 10.1. The van der Waals surface area contributed by atoms with Gasteiger partial charge < -0.3 is 5.32 Å². The third kappa shape index (κ3) is 4.93. The zero-order valence-electron chi connectivity index (χ0n) is 14.7. The van der Waals surface area contributed by atoms with Crippen LogP contribution < -0.4 is 5.32 Å². The van der Waals surface area contributed by atoms with Gasteiger partial charge in [0.1, 0.15) is 4.21 Å². The van der Waals surface area contributed by atoms with Gasteiger partial charge >= 0.3 is 0 Å². The molecular weight excluding hydrogens is 368 g/mol. The maximum absolute atomic E-state index is 12.5. The van der Waals surface area contributed by atoms with Gasteiger partial charge in [-0.05, 0) is 43.4 Å². The standard InChI is InChI=1S/C19H24N2O3S2/c22-18(20-12-6-9-16-7-2-1-3-8-16)15-17-10-11-19(25-17)26(23,24)21-13-4-5-14-21/h1-3,7-8,10-11H,4-6,9,12-15H2,(H,20,22). The minimum Gasteiger partial charge on any atom is -0.356 e. The molecule has 0 saturated carbocycles. The third-order valence-corrected chi connectivity index (χ3v) is 7.89. The lowest BCUT2D eigenvalue weighted by molar-refractivity contribution is -0.120.